The van der Waals surface area contributed by atoms with E-state index in [4.69, 9.17) is 9.47 Å². The third-order valence-electron chi connectivity index (χ3n) is 2.97. The van der Waals surface area contributed by atoms with Gasteiger partial charge in [0.2, 0.25) is 0 Å². The van der Waals surface area contributed by atoms with Crippen LogP contribution in [-0.2, 0) is 6.42 Å². The summed E-state index contributed by atoms with van der Waals surface area (Å²) in [5, 5.41) is 0. The molecule has 1 aromatic carbocycles. The zero-order chi connectivity index (χ0) is 12.7. The van der Waals surface area contributed by atoms with Crippen molar-refractivity contribution in [3.63, 3.8) is 0 Å². The average Bonchev–Trinajstić information content (AvgIpc) is 2.38. The quantitative estimate of drug-likeness (QED) is 0.664. The summed E-state index contributed by atoms with van der Waals surface area (Å²) < 4.78 is 10.5. The van der Waals surface area contributed by atoms with Crippen LogP contribution in [0.25, 0.3) is 0 Å². The van der Waals surface area contributed by atoms with E-state index in [9.17, 15) is 0 Å². The maximum atomic E-state index is 5.37. The first kappa shape index (κ1) is 13.6. The van der Waals surface area contributed by atoms with Crippen molar-refractivity contribution in [3.8, 4) is 11.5 Å². The Balaban J connectivity index is 2.61. The number of aryl methyl sites for hydroxylation is 1. The topological polar surface area (TPSA) is 18.5 Å². The number of benzene rings is 1. The Morgan fingerprint density at radius 2 is 2.00 bits per heavy atom. The van der Waals surface area contributed by atoms with Crippen molar-refractivity contribution in [2.75, 3.05) is 14.2 Å². The molecule has 0 unspecified atom stereocenters. The van der Waals surface area contributed by atoms with E-state index in [0.717, 1.165) is 37.2 Å². The lowest BCUT2D eigenvalue weighted by atomic mass is 10.0. The van der Waals surface area contributed by atoms with Gasteiger partial charge < -0.3 is 9.47 Å². The monoisotopic (exact) mass is 234 g/mol. The zero-order valence-electron chi connectivity index (χ0n) is 11.1. The second-order valence-electron chi connectivity index (χ2n) is 4.13. The van der Waals surface area contributed by atoms with Crippen LogP contribution >= 0.6 is 0 Å². The molecule has 94 valence electrons. The predicted octanol–water partition coefficient (Wildman–Crippen LogP) is 3.99. The molecule has 1 rings (SSSR count). The molecule has 0 aromatic heterocycles. The van der Waals surface area contributed by atoms with E-state index in [0.29, 0.717) is 0 Å². The van der Waals surface area contributed by atoms with Crippen LogP contribution in [0.3, 0.4) is 0 Å². The molecule has 0 fully saturated rings. The number of ether oxygens (including phenoxy) is 2. The second kappa shape index (κ2) is 7.00. The van der Waals surface area contributed by atoms with Crippen LogP contribution in [0.2, 0.25) is 0 Å². The first-order chi connectivity index (χ1) is 8.21. The summed E-state index contributed by atoms with van der Waals surface area (Å²) >= 11 is 0. The van der Waals surface area contributed by atoms with Crippen LogP contribution < -0.4 is 9.47 Å². The van der Waals surface area contributed by atoms with Crippen molar-refractivity contribution in [2.45, 2.75) is 32.6 Å². The summed E-state index contributed by atoms with van der Waals surface area (Å²) in [6.45, 7) is 6.17. The summed E-state index contributed by atoms with van der Waals surface area (Å²) in [6, 6.07) is 5.99. The Morgan fingerprint density at radius 1 is 1.24 bits per heavy atom. The number of hydrogen-bond donors (Lipinski definition) is 0. The SMILES string of the molecule is C=C(CC)CCCc1ccc(OC)cc1OC. The molecular weight excluding hydrogens is 212 g/mol. The molecule has 0 aliphatic rings. The minimum absolute atomic E-state index is 0.837. The molecule has 0 N–H and O–H groups in total. The molecule has 1 aromatic rings. The van der Waals surface area contributed by atoms with Crippen LogP contribution in [0, 0.1) is 0 Å². The Bertz CT molecular complexity index is 369. The smallest absolute Gasteiger partial charge is 0.125 e. The molecular formula is C15H22O2. The first-order valence-electron chi connectivity index (χ1n) is 6.08. The van der Waals surface area contributed by atoms with Gasteiger partial charge in [-0.15, -0.1) is 0 Å². The van der Waals surface area contributed by atoms with E-state index in [-0.39, 0.29) is 0 Å². The largest absolute Gasteiger partial charge is 0.497 e. The number of allylic oxidation sites excluding steroid dienone is 1. The van der Waals surface area contributed by atoms with E-state index in [1.54, 1.807) is 14.2 Å². The highest BCUT2D eigenvalue weighted by atomic mass is 16.5. The van der Waals surface area contributed by atoms with E-state index >= 15 is 0 Å². The standard InChI is InChI=1S/C15H22O2/c1-5-12(2)7-6-8-13-9-10-14(16-3)11-15(13)17-4/h9-11H,2,5-8H2,1,3-4H3. The molecule has 2 heteroatoms. The van der Waals surface area contributed by atoms with Crippen molar-refractivity contribution in [1.29, 1.82) is 0 Å². The van der Waals surface area contributed by atoms with E-state index < -0.39 is 0 Å². The van der Waals surface area contributed by atoms with Gasteiger partial charge in [0.25, 0.3) is 0 Å². The fraction of sp³-hybridized carbons (Fsp3) is 0.467. The maximum Gasteiger partial charge on any atom is 0.125 e. The number of methoxy groups -OCH3 is 2. The summed E-state index contributed by atoms with van der Waals surface area (Å²) in [7, 11) is 3.36. The summed E-state index contributed by atoms with van der Waals surface area (Å²) in [4.78, 5) is 0. The van der Waals surface area contributed by atoms with Gasteiger partial charge in [0.05, 0.1) is 14.2 Å². The highest BCUT2D eigenvalue weighted by Gasteiger charge is 2.04. The Hall–Kier alpha value is -1.44. The highest BCUT2D eigenvalue weighted by Crippen LogP contribution is 2.26. The van der Waals surface area contributed by atoms with Crippen molar-refractivity contribution < 1.29 is 9.47 Å². The van der Waals surface area contributed by atoms with Crippen LogP contribution in [0.15, 0.2) is 30.4 Å². The van der Waals surface area contributed by atoms with Gasteiger partial charge in [-0.2, -0.15) is 0 Å². The molecule has 0 radical (unpaired) electrons. The predicted molar refractivity (Wildman–Crippen MR) is 71.9 cm³/mol. The molecule has 0 spiro atoms. The Kier molecular flexibility index (Phi) is 5.61. The van der Waals surface area contributed by atoms with Gasteiger partial charge in [0, 0.05) is 6.07 Å². The summed E-state index contributed by atoms with van der Waals surface area (Å²) in [5.41, 5.74) is 2.55. The van der Waals surface area contributed by atoms with Crippen molar-refractivity contribution in [3.05, 3.63) is 35.9 Å². The summed E-state index contributed by atoms with van der Waals surface area (Å²) in [6.07, 6.45) is 4.30. The van der Waals surface area contributed by atoms with Crippen LogP contribution in [0.4, 0.5) is 0 Å². The third-order valence-corrected chi connectivity index (χ3v) is 2.97. The van der Waals surface area contributed by atoms with Gasteiger partial charge in [0.15, 0.2) is 0 Å². The minimum atomic E-state index is 0.837. The lowest BCUT2D eigenvalue weighted by Crippen LogP contribution is -1.94. The molecule has 0 heterocycles. The maximum absolute atomic E-state index is 5.37. The molecule has 0 atom stereocenters. The highest BCUT2D eigenvalue weighted by molar-refractivity contribution is 5.40. The van der Waals surface area contributed by atoms with E-state index in [1.165, 1.54) is 11.1 Å². The molecule has 17 heavy (non-hydrogen) atoms. The Morgan fingerprint density at radius 3 is 2.59 bits per heavy atom. The van der Waals surface area contributed by atoms with Gasteiger partial charge in [-0.25, -0.2) is 0 Å². The lowest BCUT2D eigenvalue weighted by molar-refractivity contribution is 0.390. The van der Waals surface area contributed by atoms with Gasteiger partial charge in [-0.3, -0.25) is 0 Å². The molecule has 2 nitrogen and oxygen atoms in total. The van der Waals surface area contributed by atoms with Crippen LogP contribution in [0.5, 0.6) is 11.5 Å². The van der Waals surface area contributed by atoms with E-state index in [1.807, 2.05) is 12.1 Å². The van der Waals surface area contributed by atoms with Crippen molar-refractivity contribution >= 4 is 0 Å². The fourth-order valence-electron chi connectivity index (χ4n) is 1.76. The average molecular weight is 234 g/mol. The van der Waals surface area contributed by atoms with Crippen molar-refractivity contribution in [1.82, 2.24) is 0 Å². The van der Waals surface area contributed by atoms with Crippen LogP contribution in [0.1, 0.15) is 31.7 Å². The second-order valence-corrected chi connectivity index (χ2v) is 4.13. The lowest BCUT2D eigenvalue weighted by Gasteiger charge is -2.10. The molecule has 0 bridgehead atoms. The first-order valence-corrected chi connectivity index (χ1v) is 6.08. The normalized spacial score (nSPS) is 10.1. The van der Waals surface area contributed by atoms with Gasteiger partial charge in [-0.05, 0) is 37.3 Å². The number of hydrogen-bond acceptors (Lipinski definition) is 2. The molecule has 0 saturated carbocycles. The summed E-state index contributed by atoms with van der Waals surface area (Å²) in [5.74, 6) is 1.75. The molecule has 0 aliphatic heterocycles. The van der Waals surface area contributed by atoms with Gasteiger partial charge in [0.1, 0.15) is 11.5 Å². The van der Waals surface area contributed by atoms with Crippen LogP contribution in [-0.4, -0.2) is 14.2 Å². The number of rotatable bonds is 7. The molecule has 0 aliphatic carbocycles. The minimum Gasteiger partial charge on any atom is -0.497 e. The van der Waals surface area contributed by atoms with Gasteiger partial charge >= 0.3 is 0 Å². The van der Waals surface area contributed by atoms with E-state index in [2.05, 4.69) is 19.6 Å². The van der Waals surface area contributed by atoms with Gasteiger partial charge in [-0.1, -0.05) is 25.1 Å². The Labute approximate surface area is 104 Å². The zero-order valence-corrected chi connectivity index (χ0v) is 11.1. The molecule has 0 saturated heterocycles. The van der Waals surface area contributed by atoms with Crippen molar-refractivity contribution in [2.24, 2.45) is 0 Å². The third kappa shape index (κ3) is 4.14. The fourth-order valence-corrected chi connectivity index (χ4v) is 1.76. The molecule has 0 amide bonds.